The first-order chi connectivity index (χ1) is 14.2. The predicted molar refractivity (Wildman–Crippen MR) is 119 cm³/mol. The van der Waals surface area contributed by atoms with Gasteiger partial charge in [0.15, 0.2) is 0 Å². The summed E-state index contributed by atoms with van der Waals surface area (Å²) in [5.41, 5.74) is 5.83. The van der Waals surface area contributed by atoms with E-state index in [1.165, 1.54) is 16.7 Å². The fourth-order valence-corrected chi connectivity index (χ4v) is 3.61. The zero-order valence-corrected chi connectivity index (χ0v) is 17.1. The molecule has 0 fully saturated rings. The topological polar surface area (TPSA) is 55.7 Å². The molecule has 146 valence electrons. The first-order valence-corrected chi connectivity index (χ1v) is 10.1. The number of ether oxygens (including phenoxy) is 2. The minimum atomic E-state index is 0.405. The lowest BCUT2D eigenvalue weighted by Gasteiger charge is -2.12. The summed E-state index contributed by atoms with van der Waals surface area (Å²) in [6, 6.07) is 20.2. The molecule has 1 heterocycles. The molecular formula is C23H21N3O2S. The van der Waals surface area contributed by atoms with Crippen molar-refractivity contribution in [2.24, 2.45) is 5.10 Å². The standard InChI is InChI=1S/C23H21N3O2S/c1-16-15-29-23(25-16)26-24-13-17-7-10-22(27-2)20(11-17)14-28-21-9-8-18-5-3-4-6-19(18)12-21/h3-13,15H,14H2,1-2H3,(H,25,26). The molecule has 0 bridgehead atoms. The number of aryl methyl sites for hydroxylation is 1. The number of hydrazone groups is 1. The maximum Gasteiger partial charge on any atom is 0.203 e. The Morgan fingerprint density at radius 2 is 1.93 bits per heavy atom. The van der Waals surface area contributed by atoms with E-state index in [9.17, 15) is 0 Å². The Balaban J connectivity index is 1.47. The van der Waals surface area contributed by atoms with Crippen molar-refractivity contribution in [1.29, 1.82) is 0 Å². The van der Waals surface area contributed by atoms with Gasteiger partial charge >= 0.3 is 0 Å². The highest BCUT2D eigenvalue weighted by Crippen LogP contribution is 2.24. The van der Waals surface area contributed by atoms with Crippen LogP contribution in [0, 0.1) is 6.92 Å². The second-order valence-corrected chi connectivity index (χ2v) is 7.39. The van der Waals surface area contributed by atoms with Gasteiger partial charge in [-0.05, 0) is 53.6 Å². The van der Waals surface area contributed by atoms with E-state index in [-0.39, 0.29) is 0 Å². The summed E-state index contributed by atoms with van der Waals surface area (Å²) in [4.78, 5) is 4.33. The number of benzene rings is 3. The number of anilines is 1. The molecule has 0 unspecified atom stereocenters. The summed E-state index contributed by atoms with van der Waals surface area (Å²) >= 11 is 1.52. The van der Waals surface area contributed by atoms with E-state index in [1.54, 1.807) is 13.3 Å². The Kier molecular flexibility index (Phi) is 5.72. The fourth-order valence-electron chi connectivity index (χ4n) is 2.98. The van der Waals surface area contributed by atoms with Crippen molar-refractivity contribution in [2.45, 2.75) is 13.5 Å². The first kappa shape index (κ1) is 19.0. The van der Waals surface area contributed by atoms with Gasteiger partial charge in [-0.1, -0.05) is 30.3 Å². The molecule has 0 radical (unpaired) electrons. The number of aromatic nitrogens is 1. The van der Waals surface area contributed by atoms with Gasteiger partial charge in [-0.3, -0.25) is 5.43 Å². The molecule has 29 heavy (non-hydrogen) atoms. The summed E-state index contributed by atoms with van der Waals surface area (Å²) in [6.07, 6.45) is 1.76. The zero-order chi connectivity index (χ0) is 20.1. The molecule has 0 saturated heterocycles. The number of rotatable bonds is 7. The third-order valence-corrected chi connectivity index (χ3v) is 5.28. The average molecular weight is 404 g/mol. The molecular weight excluding hydrogens is 382 g/mol. The summed E-state index contributed by atoms with van der Waals surface area (Å²) in [5.74, 6) is 1.61. The van der Waals surface area contributed by atoms with E-state index in [0.29, 0.717) is 6.61 Å². The van der Waals surface area contributed by atoms with Crippen molar-refractivity contribution in [1.82, 2.24) is 4.98 Å². The quantitative estimate of drug-likeness (QED) is 0.321. The van der Waals surface area contributed by atoms with Crippen LogP contribution in [0.5, 0.6) is 11.5 Å². The van der Waals surface area contributed by atoms with E-state index in [0.717, 1.165) is 38.8 Å². The molecule has 0 aliphatic rings. The average Bonchev–Trinajstić information content (AvgIpc) is 3.17. The molecule has 0 atom stereocenters. The Morgan fingerprint density at radius 1 is 1.07 bits per heavy atom. The van der Waals surface area contributed by atoms with E-state index >= 15 is 0 Å². The number of thiazole rings is 1. The van der Waals surface area contributed by atoms with Gasteiger partial charge in [0.2, 0.25) is 5.13 Å². The highest BCUT2D eigenvalue weighted by Gasteiger charge is 2.06. The van der Waals surface area contributed by atoms with Crippen molar-refractivity contribution in [3.63, 3.8) is 0 Å². The molecule has 0 spiro atoms. The summed E-state index contributed by atoms with van der Waals surface area (Å²) in [5, 5.41) is 9.36. The molecule has 0 aliphatic heterocycles. The number of nitrogens with one attached hydrogen (secondary N) is 1. The normalized spacial score (nSPS) is 11.1. The summed E-state index contributed by atoms with van der Waals surface area (Å²) < 4.78 is 11.5. The van der Waals surface area contributed by atoms with Crippen LogP contribution in [0.25, 0.3) is 10.8 Å². The Bertz CT molecular complexity index is 1150. The minimum absolute atomic E-state index is 0.405. The van der Waals surface area contributed by atoms with Gasteiger partial charge in [0.05, 0.1) is 19.0 Å². The van der Waals surface area contributed by atoms with E-state index in [1.807, 2.05) is 54.8 Å². The smallest absolute Gasteiger partial charge is 0.203 e. The van der Waals surface area contributed by atoms with Gasteiger partial charge in [-0.25, -0.2) is 4.98 Å². The van der Waals surface area contributed by atoms with E-state index in [4.69, 9.17) is 9.47 Å². The highest BCUT2D eigenvalue weighted by atomic mass is 32.1. The SMILES string of the molecule is COc1ccc(C=NNc2nc(C)cs2)cc1COc1ccc2ccccc2c1. The van der Waals surface area contributed by atoms with Crippen LogP contribution in [-0.2, 0) is 6.61 Å². The number of fused-ring (bicyclic) bond motifs is 1. The van der Waals surface area contributed by atoms with Gasteiger partial charge in [-0.15, -0.1) is 11.3 Å². The van der Waals surface area contributed by atoms with Gasteiger partial charge in [0.1, 0.15) is 18.1 Å². The predicted octanol–water partition coefficient (Wildman–Crippen LogP) is 5.64. The van der Waals surface area contributed by atoms with Crippen LogP contribution in [0.1, 0.15) is 16.8 Å². The molecule has 0 amide bonds. The van der Waals surface area contributed by atoms with Crippen molar-refractivity contribution in [3.05, 3.63) is 82.9 Å². The van der Waals surface area contributed by atoms with Crippen molar-refractivity contribution < 1.29 is 9.47 Å². The van der Waals surface area contributed by atoms with Crippen LogP contribution in [0.15, 0.2) is 71.1 Å². The second-order valence-electron chi connectivity index (χ2n) is 6.53. The maximum absolute atomic E-state index is 6.03. The lowest BCUT2D eigenvalue weighted by molar-refractivity contribution is 0.297. The van der Waals surface area contributed by atoms with Gasteiger partial charge in [0, 0.05) is 10.9 Å². The van der Waals surface area contributed by atoms with Gasteiger partial charge in [0.25, 0.3) is 0 Å². The zero-order valence-electron chi connectivity index (χ0n) is 16.3. The van der Waals surface area contributed by atoms with E-state index < -0.39 is 0 Å². The van der Waals surface area contributed by atoms with Crippen LogP contribution >= 0.6 is 11.3 Å². The largest absolute Gasteiger partial charge is 0.496 e. The number of hydrogen-bond donors (Lipinski definition) is 1. The third kappa shape index (κ3) is 4.73. The molecule has 0 aliphatic carbocycles. The fraction of sp³-hybridized carbons (Fsp3) is 0.130. The molecule has 5 nitrogen and oxygen atoms in total. The van der Waals surface area contributed by atoms with Crippen molar-refractivity contribution >= 4 is 33.5 Å². The number of methoxy groups -OCH3 is 1. The molecule has 0 saturated carbocycles. The van der Waals surface area contributed by atoms with Gasteiger partial charge in [-0.2, -0.15) is 5.10 Å². The molecule has 1 N–H and O–H groups in total. The van der Waals surface area contributed by atoms with Crippen LogP contribution in [0.4, 0.5) is 5.13 Å². The lowest BCUT2D eigenvalue weighted by atomic mass is 10.1. The Labute approximate surface area is 173 Å². The van der Waals surface area contributed by atoms with Crippen molar-refractivity contribution in [2.75, 3.05) is 12.5 Å². The van der Waals surface area contributed by atoms with Crippen molar-refractivity contribution in [3.8, 4) is 11.5 Å². The van der Waals surface area contributed by atoms with Gasteiger partial charge < -0.3 is 9.47 Å². The highest BCUT2D eigenvalue weighted by molar-refractivity contribution is 7.13. The minimum Gasteiger partial charge on any atom is -0.496 e. The first-order valence-electron chi connectivity index (χ1n) is 9.21. The Morgan fingerprint density at radius 3 is 2.72 bits per heavy atom. The second kappa shape index (κ2) is 8.75. The third-order valence-electron chi connectivity index (χ3n) is 4.41. The molecule has 4 rings (SSSR count). The Hall–Kier alpha value is -3.38. The summed E-state index contributed by atoms with van der Waals surface area (Å²) in [7, 11) is 1.66. The van der Waals surface area contributed by atoms with Crippen LogP contribution in [0.2, 0.25) is 0 Å². The molecule has 3 aromatic carbocycles. The summed E-state index contributed by atoms with van der Waals surface area (Å²) in [6.45, 7) is 2.36. The van der Waals surface area contributed by atoms with Crippen LogP contribution in [0.3, 0.4) is 0 Å². The van der Waals surface area contributed by atoms with E-state index in [2.05, 4.69) is 33.7 Å². The van der Waals surface area contributed by atoms with Crippen LogP contribution < -0.4 is 14.9 Å². The maximum atomic E-state index is 6.03. The van der Waals surface area contributed by atoms with Crippen LogP contribution in [-0.4, -0.2) is 18.3 Å². The lowest BCUT2D eigenvalue weighted by Crippen LogP contribution is -2.00. The molecule has 6 heteroatoms. The number of hydrogen-bond acceptors (Lipinski definition) is 6. The number of nitrogens with zero attached hydrogens (tertiary/aromatic N) is 2. The monoisotopic (exact) mass is 403 g/mol. The molecule has 4 aromatic rings. The molecule has 1 aromatic heterocycles.